The van der Waals surface area contributed by atoms with Crippen LogP contribution in [0, 0.1) is 18.6 Å². The predicted molar refractivity (Wildman–Crippen MR) is 122 cm³/mol. The Balaban J connectivity index is 1.50. The fraction of sp³-hybridized carbons (Fsp3) is 0.280. The number of hydrogen-bond donors (Lipinski definition) is 0. The van der Waals surface area contributed by atoms with Crippen LogP contribution in [0.2, 0.25) is 0 Å². The minimum Gasteiger partial charge on any atom is -0.495 e. The molecule has 1 saturated heterocycles. The number of amidine groups is 1. The molecule has 3 heterocycles. The number of aromatic nitrogens is 2. The number of hydrogen-bond acceptors (Lipinski definition) is 6. The first-order valence-corrected chi connectivity index (χ1v) is 10.8. The van der Waals surface area contributed by atoms with Crippen molar-refractivity contribution in [1.29, 1.82) is 0 Å². The van der Waals surface area contributed by atoms with Crippen LogP contribution in [0.1, 0.15) is 30.7 Å². The first-order valence-electron chi connectivity index (χ1n) is 10.8. The molecule has 2 atom stereocenters. The summed E-state index contributed by atoms with van der Waals surface area (Å²) < 4.78 is 41.5. The lowest BCUT2D eigenvalue weighted by atomic mass is 10.0. The van der Waals surface area contributed by atoms with E-state index in [0.29, 0.717) is 29.5 Å². The number of ether oxygens (including phenoxy) is 2. The number of halogens is 2. The molecule has 176 valence electrons. The Bertz CT molecular complexity index is 1300. The largest absolute Gasteiger partial charge is 0.495 e. The van der Waals surface area contributed by atoms with Gasteiger partial charge in [0.2, 0.25) is 11.6 Å². The Morgan fingerprint density at radius 2 is 1.94 bits per heavy atom. The average molecular weight is 466 g/mol. The molecule has 2 aromatic carbocycles. The van der Waals surface area contributed by atoms with E-state index in [2.05, 4.69) is 10.1 Å². The maximum Gasteiger partial charge on any atom is 0.234 e. The third kappa shape index (κ3) is 3.76. The van der Waals surface area contributed by atoms with Gasteiger partial charge in [0.15, 0.2) is 5.76 Å². The van der Waals surface area contributed by atoms with Gasteiger partial charge in [-0.15, -0.1) is 0 Å². The van der Waals surface area contributed by atoms with Gasteiger partial charge >= 0.3 is 0 Å². The van der Waals surface area contributed by atoms with Crippen molar-refractivity contribution in [3.8, 4) is 11.4 Å². The average Bonchev–Trinajstić information content (AvgIpc) is 3.37. The van der Waals surface area contributed by atoms with E-state index in [1.807, 2.05) is 53.8 Å². The number of morpholine rings is 1. The highest BCUT2D eigenvalue weighted by Gasteiger charge is 2.48. The van der Waals surface area contributed by atoms with Crippen LogP contribution >= 0.6 is 0 Å². The minimum absolute atomic E-state index is 0.209. The zero-order valence-corrected chi connectivity index (χ0v) is 19.3. The summed E-state index contributed by atoms with van der Waals surface area (Å²) in [5.41, 5.74) is 1.75. The van der Waals surface area contributed by atoms with Crippen molar-refractivity contribution in [3.63, 3.8) is 0 Å². The first-order chi connectivity index (χ1) is 16.3. The van der Waals surface area contributed by atoms with Crippen molar-refractivity contribution < 1.29 is 23.1 Å². The molecule has 0 bridgehead atoms. The molecular formula is C25H24F2N4O3. The summed E-state index contributed by atoms with van der Waals surface area (Å²) in [4.78, 5) is 11.9. The number of aryl methyl sites for hydroxylation is 1. The summed E-state index contributed by atoms with van der Waals surface area (Å²) in [6.45, 7) is 6.01. The molecule has 0 unspecified atom stereocenters. The van der Waals surface area contributed by atoms with Gasteiger partial charge in [-0.05, 0) is 49.8 Å². The number of nitrogens with zero attached hydrogens (tertiary/aromatic N) is 4. The Morgan fingerprint density at radius 3 is 2.62 bits per heavy atom. The highest BCUT2D eigenvalue weighted by Crippen LogP contribution is 2.40. The van der Waals surface area contributed by atoms with E-state index in [1.165, 1.54) is 12.1 Å². The monoisotopic (exact) mass is 466 g/mol. The molecule has 3 aromatic rings. The smallest absolute Gasteiger partial charge is 0.234 e. The van der Waals surface area contributed by atoms with Gasteiger partial charge in [0, 0.05) is 24.8 Å². The molecule has 0 radical (unpaired) electrons. The molecule has 0 amide bonds. The van der Waals surface area contributed by atoms with Crippen LogP contribution in [0.15, 0.2) is 59.8 Å². The number of rotatable bonds is 4. The summed E-state index contributed by atoms with van der Waals surface area (Å²) in [5, 5.41) is 4.23. The summed E-state index contributed by atoms with van der Waals surface area (Å²) >= 11 is 0. The molecule has 1 aromatic heterocycles. The van der Waals surface area contributed by atoms with Crippen LogP contribution in [-0.4, -0.2) is 40.0 Å². The highest BCUT2D eigenvalue weighted by molar-refractivity contribution is 6.01. The minimum atomic E-state index is -1.17. The molecule has 5 rings (SSSR count). The van der Waals surface area contributed by atoms with Gasteiger partial charge in [-0.25, -0.2) is 13.8 Å². The Kier molecular flexibility index (Phi) is 5.27. The van der Waals surface area contributed by atoms with E-state index in [0.717, 1.165) is 23.0 Å². The summed E-state index contributed by atoms with van der Waals surface area (Å²) in [6, 6.07) is 9.10. The summed E-state index contributed by atoms with van der Waals surface area (Å²) in [6.07, 6.45) is 5.28. The molecule has 9 heteroatoms. The van der Waals surface area contributed by atoms with Crippen LogP contribution in [0.25, 0.3) is 11.8 Å². The van der Waals surface area contributed by atoms with E-state index in [1.54, 1.807) is 20.4 Å². The van der Waals surface area contributed by atoms with Crippen molar-refractivity contribution in [3.05, 3.63) is 83.1 Å². The van der Waals surface area contributed by atoms with Gasteiger partial charge in [-0.3, -0.25) is 0 Å². The van der Waals surface area contributed by atoms with E-state index in [4.69, 9.17) is 14.3 Å². The highest BCUT2D eigenvalue weighted by atomic mass is 19.1. The van der Waals surface area contributed by atoms with Gasteiger partial charge in [0.25, 0.3) is 0 Å². The maximum atomic E-state index is 13.9. The Labute approximate surface area is 195 Å². The Morgan fingerprint density at radius 1 is 1.18 bits per heavy atom. The first kappa shape index (κ1) is 21.9. The maximum absolute atomic E-state index is 13.9. The van der Waals surface area contributed by atoms with Crippen LogP contribution in [-0.2, 0) is 15.3 Å². The van der Waals surface area contributed by atoms with E-state index in [9.17, 15) is 8.78 Å². The second-order valence-corrected chi connectivity index (χ2v) is 8.55. The second-order valence-electron chi connectivity index (χ2n) is 8.55. The van der Waals surface area contributed by atoms with Crippen molar-refractivity contribution in [2.45, 2.75) is 32.6 Å². The van der Waals surface area contributed by atoms with Gasteiger partial charge in [-0.2, -0.15) is 0 Å². The molecule has 7 nitrogen and oxygen atoms in total. The van der Waals surface area contributed by atoms with Crippen LogP contribution in [0.4, 0.5) is 8.78 Å². The van der Waals surface area contributed by atoms with Gasteiger partial charge in [0.1, 0.15) is 23.5 Å². The van der Waals surface area contributed by atoms with Gasteiger partial charge in [-0.1, -0.05) is 11.2 Å². The molecule has 0 saturated carbocycles. The van der Waals surface area contributed by atoms with Crippen LogP contribution in [0.5, 0.6) is 5.75 Å². The van der Waals surface area contributed by atoms with Gasteiger partial charge < -0.3 is 23.8 Å². The SMILES string of the molecule is COc1cc(/C=C2/O[C@@H](C)CN3C2=NO[C@]3(C)c2cc(F)cc(F)c2)ccc1-n1cnc(C)c1. The fourth-order valence-electron chi connectivity index (χ4n) is 4.27. The van der Waals surface area contributed by atoms with Crippen molar-refractivity contribution in [2.24, 2.45) is 5.16 Å². The standard InChI is InChI=1S/C25H24F2N4O3/c1-15-12-30(14-28-15)21-6-5-17(7-22(21)32-4)8-23-24-29-34-25(3,31(24)13-16(2)33-23)18-9-19(26)11-20(27)10-18/h5-12,14,16H,13H2,1-4H3/b23-8+/t16-,25+/m0/s1. The third-order valence-corrected chi connectivity index (χ3v) is 5.96. The zero-order valence-electron chi connectivity index (χ0n) is 19.3. The summed E-state index contributed by atoms with van der Waals surface area (Å²) in [5.74, 6) is 0.263. The molecular weight excluding hydrogens is 442 g/mol. The number of oxime groups is 1. The van der Waals surface area contributed by atoms with E-state index < -0.39 is 17.4 Å². The molecule has 0 N–H and O–H groups in total. The van der Waals surface area contributed by atoms with E-state index >= 15 is 0 Å². The fourth-order valence-corrected chi connectivity index (χ4v) is 4.27. The molecule has 2 aliphatic heterocycles. The topological polar surface area (TPSA) is 61.1 Å². The molecule has 34 heavy (non-hydrogen) atoms. The van der Waals surface area contributed by atoms with Crippen LogP contribution in [0.3, 0.4) is 0 Å². The predicted octanol–water partition coefficient (Wildman–Crippen LogP) is 4.75. The van der Waals surface area contributed by atoms with Crippen molar-refractivity contribution in [1.82, 2.24) is 14.5 Å². The number of benzene rings is 2. The lowest BCUT2D eigenvalue weighted by molar-refractivity contribution is -0.104. The molecule has 0 spiro atoms. The number of imidazole rings is 1. The Hall–Kier alpha value is -3.88. The molecule has 2 aliphatic rings. The number of methoxy groups -OCH3 is 1. The lowest BCUT2D eigenvalue weighted by Crippen LogP contribution is -2.51. The van der Waals surface area contributed by atoms with Crippen molar-refractivity contribution in [2.75, 3.05) is 13.7 Å². The second kappa shape index (κ2) is 8.16. The zero-order chi connectivity index (χ0) is 24.0. The summed E-state index contributed by atoms with van der Waals surface area (Å²) in [7, 11) is 1.61. The lowest BCUT2D eigenvalue weighted by Gasteiger charge is -2.39. The molecule has 0 aliphatic carbocycles. The normalized spacial score (nSPS) is 22.8. The third-order valence-electron chi connectivity index (χ3n) is 5.96. The van der Waals surface area contributed by atoms with Crippen LogP contribution < -0.4 is 4.74 Å². The van der Waals surface area contributed by atoms with Gasteiger partial charge in [0.05, 0.1) is 31.4 Å². The van der Waals surface area contributed by atoms with E-state index in [-0.39, 0.29) is 6.10 Å². The molecule has 1 fully saturated rings. The number of fused-ring (bicyclic) bond motifs is 1. The quantitative estimate of drug-likeness (QED) is 0.556. The van der Waals surface area contributed by atoms with Crippen molar-refractivity contribution >= 4 is 11.9 Å².